The van der Waals surface area contributed by atoms with Crippen molar-refractivity contribution < 1.29 is 18.7 Å². The van der Waals surface area contributed by atoms with Crippen molar-refractivity contribution in [2.45, 2.75) is 0 Å². The van der Waals surface area contributed by atoms with Crippen LogP contribution in [-0.2, 0) is 0 Å². The van der Waals surface area contributed by atoms with Crippen molar-refractivity contribution in [1.82, 2.24) is 15.3 Å². The number of hydrogen-bond acceptors (Lipinski definition) is 6. The summed E-state index contributed by atoms with van der Waals surface area (Å²) in [6, 6.07) is 14.6. The van der Waals surface area contributed by atoms with Crippen LogP contribution in [-0.4, -0.2) is 36.1 Å². The molecule has 2 aromatic carbocycles. The second kappa shape index (κ2) is 9.31. The lowest BCUT2D eigenvalue weighted by Gasteiger charge is -2.09. The number of benzene rings is 2. The van der Waals surface area contributed by atoms with E-state index >= 15 is 0 Å². The van der Waals surface area contributed by atoms with Gasteiger partial charge in [0.2, 0.25) is 5.95 Å². The molecule has 144 valence electrons. The molecule has 0 fully saturated rings. The standard InChI is InChI=1S/C20H19FN4O3/c1-27-16-5-7-17(8-6-16)28-12-11-22-19(26)18-9-10-23-20(25-18)24-15-4-2-3-14(21)13-15/h2-10,13H,11-12H2,1H3,(H,22,26)(H,23,24,25). The van der Waals surface area contributed by atoms with Gasteiger partial charge in [0.25, 0.3) is 5.91 Å². The van der Waals surface area contributed by atoms with Gasteiger partial charge in [-0.2, -0.15) is 0 Å². The smallest absolute Gasteiger partial charge is 0.270 e. The van der Waals surface area contributed by atoms with Gasteiger partial charge in [0, 0.05) is 11.9 Å². The summed E-state index contributed by atoms with van der Waals surface area (Å²) in [5.41, 5.74) is 0.684. The number of carbonyl (C=O) groups is 1. The Morgan fingerprint density at radius 2 is 1.89 bits per heavy atom. The normalized spacial score (nSPS) is 10.2. The Labute approximate surface area is 161 Å². The summed E-state index contributed by atoms with van der Waals surface area (Å²) in [6.45, 7) is 0.610. The van der Waals surface area contributed by atoms with Gasteiger partial charge in [-0.25, -0.2) is 14.4 Å². The number of nitrogens with zero attached hydrogens (tertiary/aromatic N) is 2. The lowest BCUT2D eigenvalue weighted by molar-refractivity contribution is 0.0942. The maximum Gasteiger partial charge on any atom is 0.270 e. The van der Waals surface area contributed by atoms with Gasteiger partial charge in [-0.1, -0.05) is 6.07 Å². The van der Waals surface area contributed by atoms with Crippen molar-refractivity contribution in [1.29, 1.82) is 0 Å². The molecule has 0 atom stereocenters. The summed E-state index contributed by atoms with van der Waals surface area (Å²) in [7, 11) is 1.59. The van der Waals surface area contributed by atoms with Gasteiger partial charge in [0.05, 0.1) is 13.7 Å². The predicted octanol–water partition coefficient (Wildman–Crippen LogP) is 3.18. The molecular weight excluding hydrogens is 363 g/mol. The zero-order valence-corrected chi connectivity index (χ0v) is 15.2. The van der Waals surface area contributed by atoms with E-state index in [0.717, 1.165) is 5.75 Å². The van der Waals surface area contributed by atoms with Crippen molar-refractivity contribution in [3.8, 4) is 11.5 Å². The molecule has 0 aliphatic heterocycles. The first-order valence-electron chi connectivity index (χ1n) is 8.55. The molecule has 28 heavy (non-hydrogen) atoms. The molecule has 0 saturated carbocycles. The van der Waals surface area contributed by atoms with Crippen LogP contribution in [0.3, 0.4) is 0 Å². The maximum absolute atomic E-state index is 13.2. The van der Waals surface area contributed by atoms with E-state index < -0.39 is 0 Å². The second-order valence-electron chi connectivity index (χ2n) is 5.68. The van der Waals surface area contributed by atoms with Crippen LogP contribution in [0.25, 0.3) is 0 Å². The van der Waals surface area contributed by atoms with E-state index in [1.54, 1.807) is 43.5 Å². The molecule has 2 N–H and O–H groups in total. The van der Waals surface area contributed by atoms with E-state index in [1.807, 2.05) is 0 Å². The molecule has 1 amide bonds. The number of rotatable bonds is 8. The van der Waals surface area contributed by atoms with Crippen molar-refractivity contribution in [2.75, 3.05) is 25.6 Å². The van der Waals surface area contributed by atoms with Crippen LogP contribution in [0, 0.1) is 5.82 Å². The minimum absolute atomic E-state index is 0.193. The second-order valence-corrected chi connectivity index (χ2v) is 5.68. The summed E-state index contributed by atoms with van der Waals surface area (Å²) >= 11 is 0. The molecule has 0 saturated heterocycles. The molecule has 0 aliphatic rings. The number of anilines is 2. The van der Waals surface area contributed by atoms with E-state index in [-0.39, 0.29) is 23.4 Å². The van der Waals surface area contributed by atoms with Crippen molar-refractivity contribution in [3.05, 3.63) is 72.3 Å². The third-order valence-electron chi connectivity index (χ3n) is 3.68. The van der Waals surface area contributed by atoms with Crippen LogP contribution in [0.4, 0.5) is 16.0 Å². The van der Waals surface area contributed by atoms with Crippen LogP contribution >= 0.6 is 0 Å². The van der Waals surface area contributed by atoms with Crippen LogP contribution in [0.1, 0.15) is 10.5 Å². The fourth-order valence-electron chi connectivity index (χ4n) is 2.34. The first-order valence-corrected chi connectivity index (χ1v) is 8.55. The Bertz CT molecular complexity index is 935. The molecule has 0 spiro atoms. The molecule has 0 unspecified atom stereocenters. The Hall–Kier alpha value is -3.68. The molecule has 0 aliphatic carbocycles. The lowest BCUT2D eigenvalue weighted by atomic mass is 10.3. The zero-order valence-electron chi connectivity index (χ0n) is 15.2. The summed E-state index contributed by atoms with van der Waals surface area (Å²) in [6.07, 6.45) is 1.46. The fraction of sp³-hybridized carbons (Fsp3) is 0.150. The van der Waals surface area contributed by atoms with Crippen LogP contribution in [0.2, 0.25) is 0 Å². The highest BCUT2D eigenvalue weighted by Crippen LogP contribution is 2.17. The molecule has 1 aromatic heterocycles. The van der Waals surface area contributed by atoms with Gasteiger partial charge in [-0.05, 0) is 48.5 Å². The third kappa shape index (κ3) is 5.41. The highest BCUT2D eigenvalue weighted by Gasteiger charge is 2.09. The van der Waals surface area contributed by atoms with Crippen molar-refractivity contribution >= 4 is 17.5 Å². The fourth-order valence-corrected chi connectivity index (χ4v) is 2.34. The molecule has 0 radical (unpaired) electrons. The van der Waals surface area contributed by atoms with Gasteiger partial charge in [-0.3, -0.25) is 4.79 Å². The Morgan fingerprint density at radius 1 is 1.11 bits per heavy atom. The molecule has 3 aromatic rings. The number of amides is 1. The number of methoxy groups -OCH3 is 1. The first-order chi connectivity index (χ1) is 13.6. The number of carbonyl (C=O) groups excluding carboxylic acids is 1. The molecule has 0 bridgehead atoms. The van der Waals surface area contributed by atoms with E-state index in [0.29, 0.717) is 24.6 Å². The summed E-state index contributed by atoms with van der Waals surface area (Å²) in [5.74, 6) is 0.886. The number of halogens is 1. The largest absolute Gasteiger partial charge is 0.497 e. The summed E-state index contributed by atoms with van der Waals surface area (Å²) < 4.78 is 23.9. The number of ether oxygens (including phenoxy) is 2. The average molecular weight is 382 g/mol. The van der Waals surface area contributed by atoms with Crippen LogP contribution in [0.5, 0.6) is 11.5 Å². The molecule has 7 nitrogen and oxygen atoms in total. The maximum atomic E-state index is 13.2. The highest BCUT2D eigenvalue weighted by molar-refractivity contribution is 5.92. The van der Waals surface area contributed by atoms with E-state index in [2.05, 4.69) is 20.6 Å². The molecular formula is C20H19FN4O3. The van der Waals surface area contributed by atoms with Crippen molar-refractivity contribution in [3.63, 3.8) is 0 Å². The topological polar surface area (TPSA) is 85.4 Å². The van der Waals surface area contributed by atoms with E-state index in [1.165, 1.54) is 24.4 Å². The Balaban J connectivity index is 1.50. The first kappa shape index (κ1) is 19.1. The Morgan fingerprint density at radius 3 is 2.64 bits per heavy atom. The third-order valence-corrected chi connectivity index (χ3v) is 3.68. The number of hydrogen-bond donors (Lipinski definition) is 2. The summed E-state index contributed by atoms with van der Waals surface area (Å²) in [5, 5.41) is 5.59. The lowest BCUT2D eigenvalue weighted by Crippen LogP contribution is -2.29. The molecule has 1 heterocycles. The monoisotopic (exact) mass is 382 g/mol. The van der Waals surface area contributed by atoms with Gasteiger partial charge in [0.1, 0.15) is 29.6 Å². The average Bonchev–Trinajstić information content (AvgIpc) is 2.72. The SMILES string of the molecule is COc1ccc(OCCNC(=O)c2ccnc(Nc3cccc(F)c3)n2)cc1. The van der Waals surface area contributed by atoms with Crippen molar-refractivity contribution in [2.24, 2.45) is 0 Å². The summed E-state index contributed by atoms with van der Waals surface area (Å²) in [4.78, 5) is 20.4. The number of nitrogens with one attached hydrogen (secondary N) is 2. The van der Waals surface area contributed by atoms with E-state index in [9.17, 15) is 9.18 Å². The zero-order chi connectivity index (χ0) is 19.8. The predicted molar refractivity (Wildman–Crippen MR) is 103 cm³/mol. The van der Waals surface area contributed by atoms with Gasteiger partial charge in [0.15, 0.2) is 0 Å². The minimum Gasteiger partial charge on any atom is -0.497 e. The van der Waals surface area contributed by atoms with Gasteiger partial charge < -0.3 is 20.1 Å². The number of aromatic nitrogens is 2. The molecule has 8 heteroatoms. The Kier molecular flexibility index (Phi) is 6.35. The van der Waals surface area contributed by atoms with Crippen LogP contribution in [0.15, 0.2) is 60.8 Å². The minimum atomic E-state index is -0.379. The van der Waals surface area contributed by atoms with Gasteiger partial charge in [-0.15, -0.1) is 0 Å². The quantitative estimate of drug-likeness (QED) is 0.582. The van der Waals surface area contributed by atoms with Gasteiger partial charge >= 0.3 is 0 Å². The van der Waals surface area contributed by atoms with Crippen LogP contribution < -0.4 is 20.1 Å². The molecule has 3 rings (SSSR count). The van der Waals surface area contributed by atoms with E-state index in [4.69, 9.17) is 9.47 Å². The highest BCUT2D eigenvalue weighted by atomic mass is 19.1.